The lowest BCUT2D eigenvalue weighted by Crippen LogP contribution is -2.44. The number of nitrogens with one attached hydrogen (secondary N) is 2. The summed E-state index contributed by atoms with van der Waals surface area (Å²) in [5, 5.41) is 11.4. The Labute approximate surface area is 168 Å². The van der Waals surface area contributed by atoms with Crippen LogP contribution in [0.5, 0.6) is 0 Å². The van der Waals surface area contributed by atoms with Gasteiger partial charge in [0.05, 0.1) is 0 Å². The van der Waals surface area contributed by atoms with Crippen molar-refractivity contribution in [3.63, 3.8) is 0 Å². The third-order valence-corrected chi connectivity index (χ3v) is 6.44. The lowest BCUT2D eigenvalue weighted by Gasteiger charge is -2.48. The fraction of sp³-hybridized carbons (Fsp3) is 0.500. The number of aromatic nitrogens is 2. The molecule has 29 heavy (non-hydrogen) atoms. The standard InChI is InChI=1S/C20H25N7O2/c28-18(22-15-4-9-26-14-21-23-17(26)12-15)13-27-19(29)3-2-16(24-27)25-10-7-20(8-11-25)5-1-6-20/h2-4,9,12,21H,1,5-8,10-11,13-14H2,(H,22,28). The molecular formula is C20H25N7O2. The highest BCUT2D eigenvalue weighted by Gasteiger charge is 2.39. The summed E-state index contributed by atoms with van der Waals surface area (Å²) < 4.78 is 1.24. The zero-order valence-corrected chi connectivity index (χ0v) is 16.3. The van der Waals surface area contributed by atoms with Gasteiger partial charge < -0.3 is 15.1 Å². The van der Waals surface area contributed by atoms with Crippen LogP contribution in [0, 0.1) is 5.41 Å². The predicted octanol–water partition coefficient (Wildman–Crippen LogP) is 0.717. The van der Waals surface area contributed by atoms with Gasteiger partial charge in [0.15, 0.2) is 5.84 Å². The van der Waals surface area contributed by atoms with E-state index in [-0.39, 0.29) is 18.0 Å². The van der Waals surface area contributed by atoms with E-state index in [4.69, 9.17) is 0 Å². The topological polar surface area (TPSA) is 94.9 Å². The molecule has 0 bridgehead atoms. The maximum Gasteiger partial charge on any atom is 0.267 e. The molecule has 5 rings (SSSR count). The molecule has 0 atom stereocenters. The van der Waals surface area contributed by atoms with Crippen LogP contribution in [-0.4, -0.2) is 46.2 Å². The number of nitrogens with zero attached hydrogens (tertiary/aromatic N) is 5. The quantitative estimate of drug-likeness (QED) is 0.780. The van der Waals surface area contributed by atoms with Crippen LogP contribution in [0.15, 0.2) is 46.1 Å². The number of hydrogen-bond donors (Lipinski definition) is 2. The molecule has 4 aliphatic rings. The van der Waals surface area contributed by atoms with Crippen molar-refractivity contribution < 1.29 is 4.79 Å². The van der Waals surface area contributed by atoms with Crippen molar-refractivity contribution in [1.82, 2.24) is 25.4 Å². The summed E-state index contributed by atoms with van der Waals surface area (Å²) in [6, 6.07) is 3.27. The van der Waals surface area contributed by atoms with Gasteiger partial charge in [-0.25, -0.2) is 4.68 Å². The van der Waals surface area contributed by atoms with Gasteiger partial charge in [-0.15, -0.1) is 0 Å². The van der Waals surface area contributed by atoms with Crippen molar-refractivity contribution in [2.45, 2.75) is 38.6 Å². The number of piperidine rings is 1. The third kappa shape index (κ3) is 3.52. The smallest absolute Gasteiger partial charge is 0.267 e. The number of hydrazone groups is 1. The van der Waals surface area contributed by atoms with Gasteiger partial charge in [-0.05, 0) is 43.2 Å². The molecule has 9 nitrogen and oxygen atoms in total. The summed E-state index contributed by atoms with van der Waals surface area (Å²) in [6.07, 6.45) is 11.9. The maximum absolute atomic E-state index is 12.5. The minimum absolute atomic E-state index is 0.121. The Morgan fingerprint density at radius 2 is 2.03 bits per heavy atom. The second-order valence-corrected chi connectivity index (χ2v) is 8.25. The molecular weight excluding hydrogens is 370 g/mol. The van der Waals surface area contributed by atoms with Crippen LogP contribution < -0.4 is 21.2 Å². The van der Waals surface area contributed by atoms with Gasteiger partial charge >= 0.3 is 0 Å². The van der Waals surface area contributed by atoms with E-state index in [9.17, 15) is 9.59 Å². The fourth-order valence-electron chi connectivity index (χ4n) is 4.46. The van der Waals surface area contributed by atoms with Crippen LogP contribution >= 0.6 is 0 Å². The zero-order chi connectivity index (χ0) is 19.8. The van der Waals surface area contributed by atoms with Crippen LogP contribution in [0.25, 0.3) is 0 Å². The van der Waals surface area contributed by atoms with Crippen molar-refractivity contribution in [2.75, 3.05) is 24.7 Å². The highest BCUT2D eigenvalue weighted by atomic mass is 16.2. The van der Waals surface area contributed by atoms with Gasteiger partial charge in [0, 0.05) is 37.1 Å². The number of rotatable bonds is 4. The van der Waals surface area contributed by atoms with E-state index in [1.807, 2.05) is 11.1 Å². The molecule has 0 aromatic carbocycles. The molecule has 152 valence electrons. The third-order valence-electron chi connectivity index (χ3n) is 6.44. The first-order chi connectivity index (χ1) is 14.1. The van der Waals surface area contributed by atoms with Crippen LogP contribution in [0.3, 0.4) is 0 Å². The van der Waals surface area contributed by atoms with Gasteiger partial charge in [0.2, 0.25) is 5.91 Å². The number of carbonyl (C=O) groups is 1. The highest BCUT2D eigenvalue weighted by Crippen LogP contribution is 2.49. The fourth-order valence-corrected chi connectivity index (χ4v) is 4.46. The number of amidine groups is 1. The number of allylic oxidation sites excluding steroid dienone is 1. The van der Waals surface area contributed by atoms with Crippen LogP contribution in [0.1, 0.15) is 32.1 Å². The van der Waals surface area contributed by atoms with Crippen LogP contribution in [-0.2, 0) is 11.3 Å². The van der Waals surface area contributed by atoms with Gasteiger partial charge in [-0.1, -0.05) is 6.42 Å². The molecule has 1 amide bonds. The van der Waals surface area contributed by atoms with Crippen molar-refractivity contribution in [1.29, 1.82) is 0 Å². The minimum Gasteiger partial charge on any atom is -0.355 e. The van der Waals surface area contributed by atoms with E-state index >= 15 is 0 Å². The molecule has 2 fully saturated rings. The Balaban J connectivity index is 1.24. The van der Waals surface area contributed by atoms with Crippen LogP contribution in [0.2, 0.25) is 0 Å². The Hall–Kier alpha value is -3.10. The van der Waals surface area contributed by atoms with E-state index in [1.165, 1.54) is 42.9 Å². The summed E-state index contributed by atoms with van der Waals surface area (Å²) in [5.41, 5.74) is 3.80. The molecule has 9 heteroatoms. The lowest BCUT2D eigenvalue weighted by molar-refractivity contribution is -0.121. The number of amides is 1. The SMILES string of the molecule is O=C(Cn1nc(N2CCC3(CCC3)CC2)ccc1=O)NC1=CC2=NNCN2C=C1. The monoisotopic (exact) mass is 395 g/mol. The summed E-state index contributed by atoms with van der Waals surface area (Å²) in [5.74, 6) is 1.22. The van der Waals surface area contributed by atoms with Gasteiger partial charge in [0.1, 0.15) is 19.0 Å². The minimum atomic E-state index is -0.292. The second-order valence-electron chi connectivity index (χ2n) is 8.25. The molecule has 3 aliphatic heterocycles. The van der Waals surface area contributed by atoms with E-state index < -0.39 is 0 Å². The first-order valence-corrected chi connectivity index (χ1v) is 10.2. The number of fused-ring (bicyclic) bond motifs is 1. The first kappa shape index (κ1) is 18.0. The van der Waals surface area contributed by atoms with E-state index in [0.29, 0.717) is 17.8 Å². The van der Waals surface area contributed by atoms with Crippen molar-refractivity contribution in [3.05, 3.63) is 46.5 Å². The second kappa shape index (κ2) is 7.06. The Kier molecular flexibility index (Phi) is 4.37. The molecule has 1 spiro atoms. The van der Waals surface area contributed by atoms with Crippen molar-refractivity contribution in [2.24, 2.45) is 10.5 Å². The summed E-state index contributed by atoms with van der Waals surface area (Å²) in [4.78, 5) is 28.9. The Morgan fingerprint density at radius 1 is 1.21 bits per heavy atom. The molecule has 1 aliphatic carbocycles. The average molecular weight is 395 g/mol. The zero-order valence-electron chi connectivity index (χ0n) is 16.3. The molecule has 1 aromatic rings. The van der Waals surface area contributed by atoms with E-state index in [2.05, 4.69) is 25.8 Å². The van der Waals surface area contributed by atoms with Gasteiger partial charge in [0.25, 0.3) is 5.56 Å². The summed E-state index contributed by atoms with van der Waals surface area (Å²) >= 11 is 0. The summed E-state index contributed by atoms with van der Waals surface area (Å²) in [6.45, 7) is 2.42. The van der Waals surface area contributed by atoms with Crippen LogP contribution in [0.4, 0.5) is 5.82 Å². The Morgan fingerprint density at radius 3 is 2.79 bits per heavy atom. The van der Waals surface area contributed by atoms with Crippen molar-refractivity contribution in [3.8, 4) is 0 Å². The number of anilines is 1. The largest absolute Gasteiger partial charge is 0.355 e. The molecule has 0 radical (unpaired) electrons. The molecule has 1 saturated heterocycles. The first-order valence-electron chi connectivity index (χ1n) is 10.2. The molecule has 2 N–H and O–H groups in total. The van der Waals surface area contributed by atoms with E-state index in [1.54, 1.807) is 18.2 Å². The molecule has 1 aromatic heterocycles. The molecule has 0 unspecified atom stereocenters. The average Bonchev–Trinajstić information content (AvgIpc) is 3.16. The normalized spacial score (nSPS) is 21.8. The number of carbonyl (C=O) groups excluding carboxylic acids is 1. The maximum atomic E-state index is 12.5. The summed E-state index contributed by atoms with van der Waals surface area (Å²) in [7, 11) is 0. The van der Waals surface area contributed by atoms with Crippen molar-refractivity contribution >= 4 is 17.6 Å². The van der Waals surface area contributed by atoms with E-state index in [0.717, 1.165) is 24.7 Å². The predicted molar refractivity (Wildman–Crippen MR) is 109 cm³/mol. The van der Waals surface area contributed by atoms with Gasteiger partial charge in [-0.2, -0.15) is 10.2 Å². The Bertz CT molecular complexity index is 963. The highest BCUT2D eigenvalue weighted by molar-refractivity contribution is 5.97. The molecule has 1 saturated carbocycles. The van der Waals surface area contributed by atoms with Gasteiger partial charge in [-0.3, -0.25) is 15.0 Å². The number of hydrogen-bond acceptors (Lipinski definition) is 7. The lowest BCUT2D eigenvalue weighted by atomic mass is 9.63. The molecule has 4 heterocycles.